The molecule has 0 aliphatic carbocycles. The molecule has 2 aliphatic heterocycles. The molecular formula is C20H31IN4O. The zero-order chi connectivity index (χ0) is 17.5. The zero-order valence-electron chi connectivity index (χ0n) is 15.9. The van der Waals surface area contributed by atoms with Gasteiger partial charge in [0.15, 0.2) is 5.96 Å². The van der Waals surface area contributed by atoms with E-state index in [1.807, 2.05) is 0 Å². The first-order valence-electron chi connectivity index (χ1n) is 9.32. The third-order valence-electron chi connectivity index (χ3n) is 4.76. The Morgan fingerprint density at radius 3 is 2.85 bits per heavy atom. The average molecular weight is 470 g/mol. The number of ether oxygens (including phenoxy) is 1. The van der Waals surface area contributed by atoms with Crippen molar-refractivity contribution in [3.05, 3.63) is 42.0 Å². The van der Waals surface area contributed by atoms with Crippen molar-refractivity contribution in [2.75, 3.05) is 51.3 Å². The number of halogens is 1. The predicted octanol–water partition coefficient (Wildman–Crippen LogP) is 3.11. The van der Waals surface area contributed by atoms with E-state index in [9.17, 15) is 0 Å². The van der Waals surface area contributed by atoms with Gasteiger partial charge >= 0.3 is 0 Å². The summed E-state index contributed by atoms with van der Waals surface area (Å²) in [7, 11) is 2.12. The first-order chi connectivity index (χ1) is 12.3. The molecule has 3 rings (SSSR count). The molecule has 0 spiro atoms. The van der Waals surface area contributed by atoms with Gasteiger partial charge < -0.3 is 19.9 Å². The fourth-order valence-corrected chi connectivity index (χ4v) is 3.38. The van der Waals surface area contributed by atoms with Crippen LogP contribution in [0.4, 0.5) is 5.69 Å². The van der Waals surface area contributed by atoms with Crippen LogP contribution < -0.4 is 10.2 Å². The summed E-state index contributed by atoms with van der Waals surface area (Å²) in [5.41, 5.74) is 2.52. The minimum Gasteiger partial charge on any atom is -0.381 e. The Hall–Kier alpha value is -1.28. The second-order valence-corrected chi connectivity index (χ2v) is 6.83. The van der Waals surface area contributed by atoms with E-state index in [0.717, 1.165) is 51.8 Å². The first kappa shape index (κ1) is 21.0. The van der Waals surface area contributed by atoms with E-state index in [1.165, 1.54) is 11.3 Å². The Morgan fingerprint density at radius 2 is 2.15 bits per heavy atom. The van der Waals surface area contributed by atoms with Gasteiger partial charge in [0.2, 0.25) is 0 Å². The van der Waals surface area contributed by atoms with Gasteiger partial charge in [-0.3, -0.25) is 0 Å². The number of aliphatic imine (C=N–C) groups is 1. The number of hydrogen-bond acceptors (Lipinski definition) is 3. The molecule has 6 heteroatoms. The number of benzene rings is 1. The van der Waals surface area contributed by atoms with E-state index in [4.69, 9.17) is 9.73 Å². The SMILES string of the molecule is CCNC(=NCc1cccc(N2CC=CC2)c1)N(C)CC1CCOC1.I. The highest BCUT2D eigenvalue weighted by molar-refractivity contribution is 14.0. The van der Waals surface area contributed by atoms with Crippen LogP contribution in [-0.4, -0.2) is 57.3 Å². The largest absolute Gasteiger partial charge is 0.381 e. The summed E-state index contributed by atoms with van der Waals surface area (Å²) in [4.78, 5) is 9.45. The van der Waals surface area contributed by atoms with Crippen molar-refractivity contribution < 1.29 is 4.74 Å². The smallest absolute Gasteiger partial charge is 0.193 e. The Bertz CT molecular complexity index is 606. The zero-order valence-corrected chi connectivity index (χ0v) is 18.2. The molecule has 0 aromatic heterocycles. The Morgan fingerprint density at radius 1 is 1.35 bits per heavy atom. The maximum absolute atomic E-state index is 5.49. The molecule has 2 aliphatic rings. The van der Waals surface area contributed by atoms with Gasteiger partial charge in [-0.05, 0) is 31.0 Å². The quantitative estimate of drug-likeness (QED) is 0.300. The minimum atomic E-state index is 0. The third kappa shape index (κ3) is 5.87. The van der Waals surface area contributed by atoms with Crippen molar-refractivity contribution in [3.63, 3.8) is 0 Å². The van der Waals surface area contributed by atoms with Crippen LogP contribution in [0.5, 0.6) is 0 Å². The molecule has 5 nitrogen and oxygen atoms in total. The third-order valence-corrected chi connectivity index (χ3v) is 4.76. The van der Waals surface area contributed by atoms with Crippen LogP contribution in [0.3, 0.4) is 0 Å². The van der Waals surface area contributed by atoms with E-state index >= 15 is 0 Å². The Kier molecular flexibility index (Phi) is 8.71. The van der Waals surface area contributed by atoms with Gasteiger partial charge in [0.1, 0.15) is 0 Å². The van der Waals surface area contributed by atoms with Crippen LogP contribution in [0.2, 0.25) is 0 Å². The lowest BCUT2D eigenvalue weighted by Crippen LogP contribution is -2.41. The second kappa shape index (κ2) is 10.8. The van der Waals surface area contributed by atoms with Gasteiger partial charge in [0.05, 0.1) is 13.2 Å². The fraction of sp³-hybridized carbons (Fsp3) is 0.550. The van der Waals surface area contributed by atoms with Crippen LogP contribution in [0.15, 0.2) is 41.4 Å². The Labute approximate surface area is 174 Å². The summed E-state index contributed by atoms with van der Waals surface area (Å²) in [6.45, 7) is 8.45. The van der Waals surface area contributed by atoms with Crippen LogP contribution >= 0.6 is 24.0 Å². The molecule has 2 heterocycles. The number of nitrogens with zero attached hydrogens (tertiary/aromatic N) is 3. The predicted molar refractivity (Wildman–Crippen MR) is 120 cm³/mol. The summed E-state index contributed by atoms with van der Waals surface area (Å²) in [5, 5.41) is 3.41. The Balaban J connectivity index is 0.00000243. The van der Waals surface area contributed by atoms with Gasteiger partial charge in [-0.25, -0.2) is 4.99 Å². The number of anilines is 1. The maximum Gasteiger partial charge on any atom is 0.193 e. The molecule has 0 bridgehead atoms. The second-order valence-electron chi connectivity index (χ2n) is 6.83. The summed E-state index contributed by atoms with van der Waals surface area (Å²) in [5.74, 6) is 1.59. The van der Waals surface area contributed by atoms with Crippen molar-refractivity contribution in [1.82, 2.24) is 10.2 Å². The van der Waals surface area contributed by atoms with Crippen molar-refractivity contribution >= 4 is 35.6 Å². The number of rotatable bonds is 6. The van der Waals surface area contributed by atoms with Crippen molar-refractivity contribution in [2.24, 2.45) is 10.9 Å². The molecule has 26 heavy (non-hydrogen) atoms. The van der Waals surface area contributed by atoms with Gasteiger partial charge in [0.25, 0.3) is 0 Å². The maximum atomic E-state index is 5.49. The summed E-state index contributed by atoms with van der Waals surface area (Å²) in [6.07, 6.45) is 5.58. The molecule has 0 saturated carbocycles. The topological polar surface area (TPSA) is 40.1 Å². The van der Waals surface area contributed by atoms with Crippen molar-refractivity contribution in [2.45, 2.75) is 19.9 Å². The number of nitrogens with one attached hydrogen (secondary N) is 1. The summed E-state index contributed by atoms with van der Waals surface area (Å²) < 4.78 is 5.49. The van der Waals surface area contributed by atoms with Crippen LogP contribution in [-0.2, 0) is 11.3 Å². The normalized spacial score (nSPS) is 19.5. The molecule has 0 radical (unpaired) electrons. The lowest BCUT2D eigenvalue weighted by atomic mass is 10.1. The highest BCUT2D eigenvalue weighted by Crippen LogP contribution is 2.19. The van der Waals surface area contributed by atoms with Crippen LogP contribution in [0, 0.1) is 5.92 Å². The van der Waals surface area contributed by atoms with E-state index in [0.29, 0.717) is 12.5 Å². The molecule has 1 aromatic rings. The van der Waals surface area contributed by atoms with Gasteiger partial charge in [-0.2, -0.15) is 0 Å². The monoisotopic (exact) mass is 470 g/mol. The standard InChI is InChI=1S/C20H30N4O.HI/c1-3-21-20(23(2)15-18-9-12-25-16-18)22-14-17-7-6-8-19(13-17)24-10-4-5-11-24;/h4-8,13,18H,3,9-12,14-16H2,1-2H3,(H,21,22);1H. The van der Waals surface area contributed by atoms with E-state index in [-0.39, 0.29) is 24.0 Å². The van der Waals surface area contributed by atoms with E-state index in [1.54, 1.807) is 0 Å². The molecular weight excluding hydrogens is 439 g/mol. The summed E-state index contributed by atoms with van der Waals surface area (Å²) >= 11 is 0. The highest BCUT2D eigenvalue weighted by Gasteiger charge is 2.19. The van der Waals surface area contributed by atoms with E-state index < -0.39 is 0 Å². The molecule has 1 N–H and O–H groups in total. The van der Waals surface area contributed by atoms with Gasteiger partial charge in [0, 0.05) is 51.4 Å². The highest BCUT2D eigenvalue weighted by atomic mass is 127. The molecule has 1 atom stereocenters. The lowest BCUT2D eigenvalue weighted by molar-refractivity contribution is 0.181. The molecule has 1 fully saturated rings. The minimum absolute atomic E-state index is 0. The van der Waals surface area contributed by atoms with Crippen LogP contribution in [0.1, 0.15) is 18.9 Å². The van der Waals surface area contributed by atoms with Crippen molar-refractivity contribution in [1.29, 1.82) is 0 Å². The molecule has 1 unspecified atom stereocenters. The van der Waals surface area contributed by atoms with Gasteiger partial charge in [-0.1, -0.05) is 24.3 Å². The number of hydrogen-bond donors (Lipinski definition) is 1. The fourth-order valence-electron chi connectivity index (χ4n) is 3.38. The lowest BCUT2D eigenvalue weighted by Gasteiger charge is -2.24. The molecule has 1 aromatic carbocycles. The van der Waals surface area contributed by atoms with Crippen LogP contribution in [0.25, 0.3) is 0 Å². The van der Waals surface area contributed by atoms with Gasteiger partial charge in [-0.15, -0.1) is 24.0 Å². The van der Waals surface area contributed by atoms with Crippen molar-refractivity contribution in [3.8, 4) is 0 Å². The molecule has 144 valence electrons. The average Bonchev–Trinajstić information content (AvgIpc) is 3.32. The molecule has 1 saturated heterocycles. The first-order valence-corrected chi connectivity index (χ1v) is 9.32. The summed E-state index contributed by atoms with van der Waals surface area (Å²) in [6, 6.07) is 8.72. The van der Waals surface area contributed by atoms with E-state index in [2.05, 4.69) is 65.5 Å². The number of guanidine groups is 1. The molecule has 0 amide bonds.